The van der Waals surface area contributed by atoms with Crippen LogP contribution in [0.2, 0.25) is 0 Å². The second-order valence-corrected chi connectivity index (χ2v) is 5.00. The van der Waals surface area contributed by atoms with Gasteiger partial charge in [-0.15, -0.1) is 0 Å². The zero-order valence-electron chi connectivity index (χ0n) is 12.1. The predicted molar refractivity (Wildman–Crippen MR) is 82.3 cm³/mol. The van der Waals surface area contributed by atoms with Gasteiger partial charge in [-0.3, -0.25) is 0 Å². The summed E-state index contributed by atoms with van der Waals surface area (Å²) in [5.74, 6) is 0. The summed E-state index contributed by atoms with van der Waals surface area (Å²) in [5.41, 5.74) is 1.24. The van der Waals surface area contributed by atoms with E-state index < -0.39 is 0 Å². The van der Waals surface area contributed by atoms with Crippen molar-refractivity contribution in [3.63, 3.8) is 0 Å². The molecule has 0 saturated carbocycles. The lowest BCUT2D eigenvalue weighted by molar-refractivity contribution is 0.599. The van der Waals surface area contributed by atoms with Gasteiger partial charge in [0, 0.05) is 18.8 Å². The molecular formula is C17H26N2. The van der Waals surface area contributed by atoms with Crippen molar-refractivity contribution >= 4 is 5.69 Å². The highest BCUT2D eigenvalue weighted by molar-refractivity contribution is 5.45. The van der Waals surface area contributed by atoms with E-state index >= 15 is 0 Å². The molecule has 19 heavy (non-hydrogen) atoms. The van der Waals surface area contributed by atoms with E-state index in [-0.39, 0.29) is 0 Å². The Kier molecular flexibility index (Phi) is 8.55. The summed E-state index contributed by atoms with van der Waals surface area (Å²) in [6.45, 7) is 4.16. The average Bonchev–Trinajstić information content (AvgIpc) is 2.46. The third-order valence-corrected chi connectivity index (χ3v) is 3.40. The fraction of sp³-hybridized carbons (Fsp3) is 0.588. The third-order valence-electron chi connectivity index (χ3n) is 3.40. The van der Waals surface area contributed by atoms with Crippen LogP contribution in [0.15, 0.2) is 30.3 Å². The molecule has 0 fully saturated rings. The summed E-state index contributed by atoms with van der Waals surface area (Å²) in [6, 6.07) is 12.7. The van der Waals surface area contributed by atoms with Gasteiger partial charge in [0.1, 0.15) is 0 Å². The van der Waals surface area contributed by atoms with Crippen LogP contribution in [0.3, 0.4) is 0 Å². The zero-order chi connectivity index (χ0) is 13.8. The molecule has 1 aromatic rings. The van der Waals surface area contributed by atoms with E-state index in [2.05, 4.69) is 42.2 Å². The van der Waals surface area contributed by atoms with Crippen LogP contribution in [0, 0.1) is 11.3 Å². The van der Waals surface area contributed by atoms with Crippen molar-refractivity contribution in [2.75, 3.05) is 18.0 Å². The van der Waals surface area contributed by atoms with Crippen molar-refractivity contribution in [2.24, 2.45) is 0 Å². The Bertz CT molecular complexity index is 353. The second-order valence-electron chi connectivity index (χ2n) is 5.00. The maximum Gasteiger partial charge on any atom is 0.0640 e. The fourth-order valence-corrected chi connectivity index (χ4v) is 2.28. The quantitative estimate of drug-likeness (QED) is 0.565. The zero-order valence-corrected chi connectivity index (χ0v) is 12.1. The lowest BCUT2D eigenvalue weighted by atomic mass is 10.1. The van der Waals surface area contributed by atoms with Crippen LogP contribution in [-0.2, 0) is 0 Å². The van der Waals surface area contributed by atoms with Crippen LogP contribution in [0.4, 0.5) is 5.69 Å². The van der Waals surface area contributed by atoms with Crippen molar-refractivity contribution in [2.45, 2.75) is 51.9 Å². The van der Waals surface area contributed by atoms with Crippen LogP contribution < -0.4 is 4.90 Å². The monoisotopic (exact) mass is 258 g/mol. The van der Waals surface area contributed by atoms with E-state index in [1.54, 1.807) is 0 Å². The van der Waals surface area contributed by atoms with Gasteiger partial charge in [0.2, 0.25) is 0 Å². The molecule has 0 N–H and O–H groups in total. The maximum absolute atomic E-state index is 8.75. The number of hydrogen-bond acceptors (Lipinski definition) is 2. The summed E-state index contributed by atoms with van der Waals surface area (Å²) >= 11 is 0. The number of rotatable bonds is 10. The van der Waals surface area contributed by atoms with E-state index in [9.17, 15) is 0 Å². The Morgan fingerprint density at radius 1 is 0.947 bits per heavy atom. The molecule has 1 aromatic carbocycles. The van der Waals surface area contributed by atoms with E-state index in [4.69, 9.17) is 5.26 Å². The first-order chi connectivity index (χ1) is 9.38. The lowest BCUT2D eigenvalue weighted by Crippen LogP contribution is -2.25. The third kappa shape index (κ3) is 6.86. The van der Waals surface area contributed by atoms with E-state index in [0.29, 0.717) is 6.42 Å². The number of anilines is 1. The summed E-state index contributed by atoms with van der Waals surface area (Å²) in [6.07, 6.45) is 8.49. The fourth-order valence-electron chi connectivity index (χ4n) is 2.28. The van der Waals surface area contributed by atoms with Crippen molar-refractivity contribution in [3.8, 4) is 6.07 Å². The molecule has 0 aliphatic carbocycles. The molecule has 0 heterocycles. The standard InChI is InChI=1S/C17H26N2/c1-2-3-4-5-6-10-15-19(16-11-14-18)17-12-8-7-9-13-17/h7-9,12-13H,2-6,10-11,15-16H2,1H3. The summed E-state index contributed by atoms with van der Waals surface area (Å²) in [7, 11) is 0. The molecule has 0 radical (unpaired) electrons. The number of para-hydroxylation sites is 1. The first kappa shape index (κ1) is 15.6. The van der Waals surface area contributed by atoms with Gasteiger partial charge in [-0.1, -0.05) is 57.2 Å². The average molecular weight is 258 g/mol. The molecule has 0 unspecified atom stereocenters. The molecule has 104 valence electrons. The number of nitriles is 1. The Balaban J connectivity index is 2.32. The largest absolute Gasteiger partial charge is 0.371 e. The molecule has 0 aliphatic rings. The molecular weight excluding hydrogens is 232 g/mol. The Morgan fingerprint density at radius 2 is 1.63 bits per heavy atom. The highest BCUT2D eigenvalue weighted by atomic mass is 15.1. The molecule has 0 spiro atoms. The summed E-state index contributed by atoms with van der Waals surface area (Å²) in [5, 5.41) is 8.75. The Labute approximate surface area is 118 Å². The molecule has 0 amide bonds. The van der Waals surface area contributed by atoms with Crippen molar-refractivity contribution in [3.05, 3.63) is 30.3 Å². The molecule has 2 nitrogen and oxygen atoms in total. The minimum atomic E-state index is 0.602. The van der Waals surface area contributed by atoms with Crippen molar-refractivity contribution in [1.82, 2.24) is 0 Å². The summed E-state index contributed by atoms with van der Waals surface area (Å²) in [4.78, 5) is 2.34. The molecule has 0 saturated heterocycles. The first-order valence-electron chi connectivity index (χ1n) is 7.55. The van der Waals surface area contributed by atoms with Gasteiger partial charge in [-0.05, 0) is 18.6 Å². The second kappa shape index (κ2) is 10.4. The number of benzene rings is 1. The van der Waals surface area contributed by atoms with Crippen LogP contribution in [0.25, 0.3) is 0 Å². The highest BCUT2D eigenvalue weighted by Gasteiger charge is 2.04. The van der Waals surface area contributed by atoms with Gasteiger partial charge in [0.15, 0.2) is 0 Å². The van der Waals surface area contributed by atoms with Gasteiger partial charge in [-0.25, -0.2) is 0 Å². The Hall–Kier alpha value is -1.49. The van der Waals surface area contributed by atoms with Gasteiger partial charge in [0.05, 0.1) is 12.5 Å². The van der Waals surface area contributed by atoms with E-state index in [0.717, 1.165) is 13.1 Å². The first-order valence-corrected chi connectivity index (χ1v) is 7.55. The van der Waals surface area contributed by atoms with Crippen LogP contribution in [0.1, 0.15) is 51.9 Å². The molecule has 0 aromatic heterocycles. The smallest absolute Gasteiger partial charge is 0.0640 e. The van der Waals surface area contributed by atoms with Gasteiger partial charge in [0.25, 0.3) is 0 Å². The highest BCUT2D eigenvalue weighted by Crippen LogP contribution is 2.15. The van der Waals surface area contributed by atoms with Crippen LogP contribution >= 0.6 is 0 Å². The van der Waals surface area contributed by atoms with Crippen LogP contribution in [0.5, 0.6) is 0 Å². The maximum atomic E-state index is 8.75. The number of nitrogens with zero attached hydrogens (tertiary/aromatic N) is 2. The normalized spacial score (nSPS) is 10.1. The SMILES string of the molecule is CCCCCCCCN(CCC#N)c1ccccc1. The van der Waals surface area contributed by atoms with E-state index in [1.165, 1.54) is 44.2 Å². The van der Waals surface area contributed by atoms with Crippen LogP contribution in [-0.4, -0.2) is 13.1 Å². The topological polar surface area (TPSA) is 27.0 Å². The van der Waals surface area contributed by atoms with Gasteiger partial charge >= 0.3 is 0 Å². The number of hydrogen-bond donors (Lipinski definition) is 0. The Morgan fingerprint density at radius 3 is 2.32 bits per heavy atom. The van der Waals surface area contributed by atoms with Gasteiger partial charge in [-0.2, -0.15) is 5.26 Å². The van der Waals surface area contributed by atoms with E-state index in [1.807, 2.05) is 6.07 Å². The predicted octanol–water partition coefficient (Wildman–Crippen LogP) is 4.77. The number of unbranched alkanes of at least 4 members (excludes halogenated alkanes) is 5. The van der Waals surface area contributed by atoms with Gasteiger partial charge < -0.3 is 4.90 Å². The molecule has 1 rings (SSSR count). The molecule has 0 aliphatic heterocycles. The lowest BCUT2D eigenvalue weighted by Gasteiger charge is -2.23. The minimum absolute atomic E-state index is 0.602. The molecule has 0 bridgehead atoms. The molecule has 0 atom stereocenters. The summed E-state index contributed by atoms with van der Waals surface area (Å²) < 4.78 is 0. The minimum Gasteiger partial charge on any atom is -0.371 e. The molecule has 2 heteroatoms. The van der Waals surface area contributed by atoms with Crippen molar-refractivity contribution in [1.29, 1.82) is 5.26 Å². The van der Waals surface area contributed by atoms with Crippen molar-refractivity contribution < 1.29 is 0 Å².